The lowest BCUT2D eigenvalue weighted by Crippen LogP contribution is -2.52. The van der Waals surface area contributed by atoms with Crippen molar-refractivity contribution in [2.75, 3.05) is 6.54 Å². The fourth-order valence-corrected chi connectivity index (χ4v) is 3.92. The Hall–Kier alpha value is -2.70. The monoisotopic (exact) mass is 529 g/mol. The van der Waals surface area contributed by atoms with Gasteiger partial charge in [0.25, 0.3) is 5.91 Å². The van der Waals surface area contributed by atoms with E-state index in [4.69, 9.17) is 5.73 Å². The van der Waals surface area contributed by atoms with Gasteiger partial charge < -0.3 is 21.5 Å². The number of rotatable bonds is 11. The first kappa shape index (κ1) is 28.5. The summed E-state index contributed by atoms with van der Waals surface area (Å²) in [6, 6.07) is 6.18. The molecule has 0 aliphatic carbocycles. The highest BCUT2D eigenvalue weighted by molar-refractivity contribution is 7.81. The molecule has 0 unspecified atom stereocenters. The lowest BCUT2D eigenvalue weighted by atomic mass is 10.0. The van der Waals surface area contributed by atoms with Crippen molar-refractivity contribution in [2.24, 2.45) is 5.73 Å². The minimum absolute atomic E-state index is 0.129. The van der Waals surface area contributed by atoms with Crippen LogP contribution in [0.25, 0.3) is 0 Å². The molecule has 0 saturated heterocycles. The average Bonchev–Trinajstić information content (AvgIpc) is 2.77. The van der Waals surface area contributed by atoms with Crippen LogP contribution in [0, 0.1) is 0 Å². The number of halogens is 3. The maximum absolute atomic E-state index is 13.0. The van der Waals surface area contributed by atoms with Crippen molar-refractivity contribution in [3.05, 3.63) is 59.2 Å². The van der Waals surface area contributed by atoms with Gasteiger partial charge in [0.15, 0.2) is 0 Å². The van der Waals surface area contributed by atoms with Gasteiger partial charge in [0.1, 0.15) is 12.1 Å². The van der Waals surface area contributed by atoms with Gasteiger partial charge in [-0.25, -0.2) is 4.79 Å². The maximum Gasteiger partial charge on any atom is 0.416 e. The number of nitrogens with one attached hydrogen (secondary N) is 2. The van der Waals surface area contributed by atoms with Gasteiger partial charge >= 0.3 is 12.1 Å². The highest BCUT2D eigenvalue weighted by Crippen LogP contribution is 2.29. The van der Waals surface area contributed by atoms with Gasteiger partial charge in [0, 0.05) is 21.8 Å². The second-order valence-electron chi connectivity index (χ2n) is 7.85. The van der Waals surface area contributed by atoms with Crippen LogP contribution in [0.2, 0.25) is 0 Å². The number of carbonyl (C=O) groups is 3. The van der Waals surface area contributed by atoms with Crippen molar-refractivity contribution in [1.29, 1.82) is 0 Å². The molecule has 0 aromatic heterocycles. The summed E-state index contributed by atoms with van der Waals surface area (Å²) in [6.45, 7) is 0.365. The molecule has 35 heavy (non-hydrogen) atoms. The molecule has 7 nitrogen and oxygen atoms in total. The van der Waals surface area contributed by atoms with E-state index in [1.54, 1.807) is 6.07 Å². The minimum Gasteiger partial charge on any atom is -0.480 e. The number of aliphatic carboxylic acids is 1. The summed E-state index contributed by atoms with van der Waals surface area (Å²) >= 11 is 8.39. The van der Waals surface area contributed by atoms with Crippen LogP contribution in [-0.4, -0.2) is 41.5 Å². The third-order valence-electron chi connectivity index (χ3n) is 5.07. The van der Waals surface area contributed by atoms with Gasteiger partial charge in [0.2, 0.25) is 5.91 Å². The molecule has 0 aliphatic rings. The summed E-state index contributed by atoms with van der Waals surface area (Å²) in [5.41, 5.74) is 5.07. The Kier molecular flexibility index (Phi) is 10.5. The van der Waals surface area contributed by atoms with E-state index in [-0.39, 0.29) is 18.4 Å². The molecule has 0 fully saturated rings. The maximum atomic E-state index is 13.0. The zero-order chi connectivity index (χ0) is 26.2. The Balaban J connectivity index is 2.27. The summed E-state index contributed by atoms with van der Waals surface area (Å²) in [5, 5.41) is 14.4. The van der Waals surface area contributed by atoms with Gasteiger partial charge in [-0.2, -0.15) is 13.2 Å². The highest BCUT2D eigenvalue weighted by atomic mass is 32.1. The number of thiol groups is 2. The molecule has 2 aromatic carbocycles. The number of alkyl halides is 3. The molecule has 0 spiro atoms. The highest BCUT2D eigenvalue weighted by Gasteiger charge is 2.31. The number of carbonyl (C=O) groups excluding carboxylic acids is 2. The number of benzene rings is 2. The fourth-order valence-electron chi connectivity index (χ4n) is 3.27. The molecular weight excluding hydrogens is 503 g/mol. The number of unbranched alkanes of at least 4 members (excludes halogenated alkanes) is 1. The second-order valence-corrected chi connectivity index (χ2v) is 8.88. The largest absolute Gasteiger partial charge is 0.480 e. The van der Waals surface area contributed by atoms with Crippen molar-refractivity contribution in [3.8, 4) is 0 Å². The summed E-state index contributed by atoms with van der Waals surface area (Å²) in [6.07, 6.45) is -3.53. The van der Waals surface area contributed by atoms with Crippen LogP contribution < -0.4 is 16.4 Å². The van der Waals surface area contributed by atoms with Crippen molar-refractivity contribution in [3.63, 3.8) is 0 Å². The lowest BCUT2D eigenvalue weighted by molar-refractivity contribution is -0.142. The predicted molar refractivity (Wildman–Crippen MR) is 130 cm³/mol. The molecule has 2 atom stereocenters. The van der Waals surface area contributed by atoms with E-state index >= 15 is 0 Å². The van der Waals surface area contributed by atoms with E-state index in [0.29, 0.717) is 34.7 Å². The van der Waals surface area contributed by atoms with E-state index in [2.05, 4.69) is 35.9 Å². The molecule has 190 valence electrons. The zero-order valence-corrected chi connectivity index (χ0v) is 20.3. The Labute approximate surface area is 211 Å². The van der Waals surface area contributed by atoms with Crippen LogP contribution in [0.3, 0.4) is 0 Å². The van der Waals surface area contributed by atoms with Crippen LogP contribution in [0.15, 0.2) is 52.3 Å². The first-order valence-corrected chi connectivity index (χ1v) is 11.5. The van der Waals surface area contributed by atoms with Gasteiger partial charge in [-0.15, -0.1) is 25.3 Å². The molecule has 2 aromatic rings. The van der Waals surface area contributed by atoms with Crippen LogP contribution in [0.4, 0.5) is 13.2 Å². The van der Waals surface area contributed by atoms with Crippen LogP contribution in [0.1, 0.15) is 40.7 Å². The van der Waals surface area contributed by atoms with Crippen molar-refractivity contribution in [1.82, 2.24) is 10.6 Å². The number of carboxylic acid groups (broad SMARTS) is 1. The van der Waals surface area contributed by atoms with E-state index in [1.807, 2.05) is 0 Å². The SMILES string of the molecule is NCCCC[C@H](NC(=O)[C@H](Cc1ccc(C(F)(F)F)cc1)NC(=O)c1cc(S)cc(S)c1)C(=O)O. The van der Waals surface area contributed by atoms with Gasteiger partial charge in [-0.05, 0) is 61.7 Å². The second kappa shape index (κ2) is 12.8. The van der Waals surface area contributed by atoms with Crippen molar-refractivity contribution < 1.29 is 32.7 Å². The molecule has 0 radical (unpaired) electrons. The van der Waals surface area contributed by atoms with E-state index in [0.717, 1.165) is 12.1 Å². The molecule has 0 aliphatic heterocycles. The summed E-state index contributed by atoms with van der Waals surface area (Å²) in [7, 11) is 0. The number of carboxylic acids is 1. The number of hydrogen-bond donors (Lipinski definition) is 6. The first-order chi connectivity index (χ1) is 16.4. The molecule has 0 saturated carbocycles. The minimum atomic E-state index is -4.52. The van der Waals surface area contributed by atoms with Gasteiger partial charge in [-0.1, -0.05) is 12.1 Å². The van der Waals surface area contributed by atoms with Gasteiger partial charge in [0.05, 0.1) is 5.56 Å². The van der Waals surface area contributed by atoms with E-state index in [9.17, 15) is 32.7 Å². The summed E-state index contributed by atoms with van der Waals surface area (Å²) in [4.78, 5) is 38.3. The Morgan fingerprint density at radius 1 is 0.943 bits per heavy atom. The third-order valence-corrected chi connectivity index (χ3v) is 5.59. The number of hydrogen-bond acceptors (Lipinski definition) is 6. The van der Waals surface area contributed by atoms with E-state index in [1.165, 1.54) is 24.3 Å². The van der Waals surface area contributed by atoms with E-state index < -0.39 is 41.6 Å². The zero-order valence-electron chi connectivity index (χ0n) is 18.5. The summed E-state index contributed by atoms with van der Waals surface area (Å²) < 4.78 is 38.7. The molecule has 0 heterocycles. The normalized spacial score (nSPS) is 13.1. The Morgan fingerprint density at radius 3 is 2.06 bits per heavy atom. The topological polar surface area (TPSA) is 122 Å². The molecule has 12 heteroatoms. The smallest absolute Gasteiger partial charge is 0.416 e. The van der Waals surface area contributed by atoms with Crippen LogP contribution >= 0.6 is 25.3 Å². The van der Waals surface area contributed by atoms with Crippen LogP contribution in [0.5, 0.6) is 0 Å². The number of amides is 2. The molecule has 5 N–H and O–H groups in total. The average molecular weight is 530 g/mol. The Morgan fingerprint density at radius 2 is 1.54 bits per heavy atom. The number of nitrogens with two attached hydrogens (primary N) is 1. The third kappa shape index (κ3) is 9.11. The molecular formula is C23H26F3N3O4S2. The first-order valence-electron chi connectivity index (χ1n) is 10.6. The quantitative estimate of drug-likeness (QED) is 0.197. The predicted octanol–water partition coefficient (Wildman–Crippen LogP) is 3.32. The standard InChI is InChI=1S/C23H26F3N3O4S2/c24-23(25,26)15-6-4-13(5-7-15)9-19(21(31)28-18(22(32)33)3-1-2-8-27)29-20(30)14-10-16(34)12-17(35)11-14/h4-7,10-12,18-19,34-35H,1-3,8-9,27H2,(H,28,31)(H,29,30)(H,32,33)/t18-,19-/m0/s1. The van der Waals surface area contributed by atoms with Gasteiger partial charge in [-0.3, -0.25) is 9.59 Å². The van der Waals surface area contributed by atoms with Crippen molar-refractivity contribution >= 4 is 43.0 Å². The molecule has 2 amide bonds. The lowest BCUT2D eigenvalue weighted by Gasteiger charge is -2.22. The molecule has 0 bridgehead atoms. The Bertz CT molecular complexity index is 1030. The fraction of sp³-hybridized carbons (Fsp3) is 0.348. The van der Waals surface area contributed by atoms with Crippen molar-refractivity contribution in [2.45, 2.75) is 53.7 Å². The molecule has 2 rings (SSSR count). The summed E-state index contributed by atoms with van der Waals surface area (Å²) in [5.74, 6) is -2.69. The van der Waals surface area contributed by atoms with Crippen LogP contribution in [-0.2, 0) is 22.2 Å².